The van der Waals surface area contributed by atoms with Gasteiger partial charge in [-0.25, -0.2) is 4.79 Å². The quantitative estimate of drug-likeness (QED) is 0.393. The molecule has 34 heavy (non-hydrogen) atoms. The summed E-state index contributed by atoms with van der Waals surface area (Å²) < 4.78 is 11.2. The van der Waals surface area contributed by atoms with Gasteiger partial charge in [-0.2, -0.15) is 0 Å². The first kappa shape index (κ1) is 23.4. The average molecular weight is 460 g/mol. The lowest BCUT2D eigenvalue weighted by atomic mass is 9.93. The van der Waals surface area contributed by atoms with Gasteiger partial charge in [0.05, 0.1) is 6.04 Å². The Hall–Kier alpha value is -3.71. The molecule has 0 aliphatic heterocycles. The number of carbonyl (C=O) groups is 1. The molecule has 7 heteroatoms. The Kier molecular flexibility index (Phi) is 6.93. The second-order valence-electron chi connectivity index (χ2n) is 9.15. The van der Waals surface area contributed by atoms with Crippen molar-refractivity contribution in [3.8, 4) is 11.3 Å². The number of aliphatic hydroxyl groups excluding tert-OH is 1. The minimum absolute atomic E-state index is 0.0703. The molecule has 1 atom stereocenters. The zero-order chi connectivity index (χ0) is 24.1. The lowest BCUT2D eigenvalue weighted by molar-refractivity contribution is 0.0503. The molecular weight excluding hydrogens is 430 g/mol. The summed E-state index contributed by atoms with van der Waals surface area (Å²) >= 11 is 0. The highest BCUT2D eigenvalue weighted by atomic mass is 16.6. The lowest BCUT2D eigenvalue weighted by Crippen LogP contribution is -2.36. The Labute approximate surface area is 198 Å². The van der Waals surface area contributed by atoms with E-state index in [2.05, 4.69) is 15.5 Å². The first-order valence-electron chi connectivity index (χ1n) is 11.3. The monoisotopic (exact) mass is 459 g/mol. The second kappa shape index (κ2) is 10.1. The molecule has 0 aliphatic carbocycles. The molecule has 7 nitrogen and oxygen atoms in total. The molecule has 0 saturated carbocycles. The largest absolute Gasteiger partial charge is 0.444 e. The van der Waals surface area contributed by atoms with Gasteiger partial charge in [0.2, 0.25) is 0 Å². The maximum Gasteiger partial charge on any atom is 0.408 e. The number of aromatic nitrogens is 2. The van der Waals surface area contributed by atoms with E-state index in [0.29, 0.717) is 24.1 Å². The van der Waals surface area contributed by atoms with E-state index in [9.17, 15) is 9.90 Å². The summed E-state index contributed by atoms with van der Waals surface area (Å²) in [6.07, 6.45) is 2.27. The molecule has 0 spiro atoms. The van der Waals surface area contributed by atoms with Crippen molar-refractivity contribution < 1.29 is 19.2 Å². The molecule has 1 amide bonds. The number of ether oxygens (including phenoxy) is 1. The zero-order valence-corrected chi connectivity index (χ0v) is 19.6. The molecule has 176 valence electrons. The number of nitrogens with one attached hydrogen (secondary N) is 1. The molecule has 0 aliphatic rings. The van der Waals surface area contributed by atoms with Crippen molar-refractivity contribution in [1.82, 2.24) is 15.5 Å². The SMILES string of the molecule is CC(C)(C)OC(=O)N[C@@H](Cc1ccccn1)c1ccccc1-c1noc2cc(CCO)ccc12. The van der Waals surface area contributed by atoms with Crippen molar-refractivity contribution in [2.45, 2.75) is 45.3 Å². The number of hydrogen-bond donors (Lipinski definition) is 2. The third-order valence-electron chi connectivity index (χ3n) is 5.36. The van der Waals surface area contributed by atoms with Gasteiger partial charge >= 0.3 is 6.09 Å². The zero-order valence-electron chi connectivity index (χ0n) is 19.6. The molecule has 0 unspecified atom stereocenters. The Morgan fingerprint density at radius 3 is 2.65 bits per heavy atom. The van der Waals surface area contributed by atoms with E-state index in [1.54, 1.807) is 6.20 Å². The van der Waals surface area contributed by atoms with Crippen LogP contribution in [0.2, 0.25) is 0 Å². The predicted octanol–water partition coefficient (Wildman–Crippen LogP) is 5.23. The highest BCUT2D eigenvalue weighted by Gasteiger charge is 2.25. The Balaban J connectivity index is 1.74. The molecule has 2 aromatic heterocycles. The number of amides is 1. The number of alkyl carbamates (subject to hydrolysis) is 1. The molecular formula is C27H29N3O4. The van der Waals surface area contributed by atoms with E-state index in [-0.39, 0.29) is 6.61 Å². The first-order valence-corrected chi connectivity index (χ1v) is 11.3. The molecule has 4 aromatic rings. The van der Waals surface area contributed by atoms with Gasteiger partial charge in [0.25, 0.3) is 0 Å². The second-order valence-corrected chi connectivity index (χ2v) is 9.15. The van der Waals surface area contributed by atoms with Crippen LogP contribution in [0.15, 0.2) is 71.4 Å². The van der Waals surface area contributed by atoms with Gasteiger partial charge in [0, 0.05) is 35.9 Å². The molecule has 0 bridgehead atoms. The number of rotatable bonds is 7. The van der Waals surface area contributed by atoms with Gasteiger partial charge in [-0.05, 0) is 62.6 Å². The van der Waals surface area contributed by atoms with E-state index >= 15 is 0 Å². The van der Waals surface area contributed by atoms with Crippen molar-refractivity contribution >= 4 is 17.1 Å². The summed E-state index contributed by atoms with van der Waals surface area (Å²) in [5.41, 5.74) is 4.29. The summed E-state index contributed by atoms with van der Waals surface area (Å²) in [4.78, 5) is 17.2. The fourth-order valence-corrected chi connectivity index (χ4v) is 3.89. The molecule has 0 radical (unpaired) electrons. The number of pyridine rings is 1. The molecule has 0 fully saturated rings. The van der Waals surface area contributed by atoms with Crippen molar-refractivity contribution in [3.63, 3.8) is 0 Å². The maximum absolute atomic E-state index is 12.7. The number of fused-ring (bicyclic) bond motifs is 1. The topological polar surface area (TPSA) is 97.5 Å². The van der Waals surface area contributed by atoms with Gasteiger partial charge < -0.3 is 19.7 Å². The van der Waals surface area contributed by atoms with Crippen LogP contribution in [0, 0.1) is 0 Å². The number of hydrogen-bond acceptors (Lipinski definition) is 6. The van der Waals surface area contributed by atoms with Crippen LogP contribution in [0.1, 0.15) is 43.6 Å². The third kappa shape index (κ3) is 5.61. The van der Waals surface area contributed by atoms with E-state index in [1.807, 2.05) is 81.4 Å². The van der Waals surface area contributed by atoms with Crippen molar-refractivity contribution in [2.24, 2.45) is 0 Å². The smallest absolute Gasteiger partial charge is 0.408 e. The standard InChI is InChI=1S/C27H29N3O4/c1-27(2,3)33-26(32)29-23(17-19-8-6-7-14-28-19)20-9-4-5-10-21(20)25-22-12-11-18(13-15-31)16-24(22)34-30-25/h4-12,14,16,23,31H,13,15,17H2,1-3H3,(H,29,32)/t23-/m0/s1. The molecule has 2 N–H and O–H groups in total. The average Bonchev–Trinajstić information content (AvgIpc) is 3.21. The van der Waals surface area contributed by atoms with E-state index < -0.39 is 17.7 Å². The molecule has 0 saturated heterocycles. The summed E-state index contributed by atoms with van der Waals surface area (Å²) in [5.74, 6) is 0. The van der Waals surface area contributed by atoms with E-state index in [4.69, 9.17) is 9.26 Å². The fraction of sp³-hybridized carbons (Fsp3) is 0.296. The van der Waals surface area contributed by atoms with Gasteiger partial charge in [-0.1, -0.05) is 41.6 Å². The highest BCUT2D eigenvalue weighted by molar-refractivity contribution is 5.92. The van der Waals surface area contributed by atoms with Crippen LogP contribution >= 0.6 is 0 Å². The van der Waals surface area contributed by atoms with Gasteiger partial charge in [0.15, 0.2) is 5.58 Å². The number of nitrogens with zero attached hydrogens (tertiary/aromatic N) is 2. The van der Waals surface area contributed by atoms with Gasteiger partial charge in [0.1, 0.15) is 11.3 Å². The number of benzene rings is 2. The van der Waals surface area contributed by atoms with Crippen molar-refractivity contribution in [1.29, 1.82) is 0 Å². The van der Waals surface area contributed by atoms with Crippen molar-refractivity contribution in [3.05, 3.63) is 83.7 Å². The molecule has 2 heterocycles. The van der Waals surface area contributed by atoms with Crippen LogP contribution < -0.4 is 5.32 Å². The third-order valence-corrected chi connectivity index (χ3v) is 5.36. The maximum atomic E-state index is 12.7. The fourth-order valence-electron chi connectivity index (χ4n) is 3.89. The lowest BCUT2D eigenvalue weighted by Gasteiger charge is -2.25. The minimum Gasteiger partial charge on any atom is -0.444 e. The number of carbonyl (C=O) groups excluding carboxylic acids is 1. The highest BCUT2D eigenvalue weighted by Crippen LogP contribution is 2.34. The van der Waals surface area contributed by atoms with E-state index in [0.717, 1.165) is 27.8 Å². The Morgan fingerprint density at radius 2 is 1.91 bits per heavy atom. The van der Waals surface area contributed by atoms with Crippen LogP contribution in [-0.2, 0) is 17.6 Å². The van der Waals surface area contributed by atoms with Crippen molar-refractivity contribution in [2.75, 3.05) is 6.61 Å². The van der Waals surface area contributed by atoms with Crippen LogP contribution in [0.3, 0.4) is 0 Å². The summed E-state index contributed by atoms with van der Waals surface area (Å²) in [5, 5.41) is 17.5. The summed E-state index contributed by atoms with van der Waals surface area (Å²) in [6.45, 7) is 5.57. The van der Waals surface area contributed by atoms with Crippen LogP contribution in [-0.4, -0.2) is 33.5 Å². The number of aliphatic hydroxyl groups is 1. The predicted molar refractivity (Wildman–Crippen MR) is 130 cm³/mol. The van der Waals surface area contributed by atoms with Crippen LogP contribution in [0.25, 0.3) is 22.2 Å². The van der Waals surface area contributed by atoms with E-state index in [1.165, 1.54) is 0 Å². The van der Waals surface area contributed by atoms with Crippen LogP contribution in [0.4, 0.5) is 4.79 Å². The Bertz CT molecular complexity index is 1260. The first-order chi connectivity index (χ1) is 16.3. The minimum atomic E-state index is -0.617. The summed E-state index contributed by atoms with van der Waals surface area (Å²) in [7, 11) is 0. The molecule has 2 aromatic carbocycles. The normalized spacial score (nSPS) is 12.5. The summed E-state index contributed by atoms with van der Waals surface area (Å²) in [6, 6.07) is 18.9. The molecule has 4 rings (SSSR count). The Morgan fingerprint density at radius 1 is 1.12 bits per heavy atom. The van der Waals surface area contributed by atoms with Gasteiger partial charge in [-0.15, -0.1) is 0 Å². The van der Waals surface area contributed by atoms with Gasteiger partial charge in [-0.3, -0.25) is 4.98 Å². The van der Waals surface area contributed by atoms with Crippen LogP contribution in [0.5, 0.6) is 0 Å².